The van der Waals surface area contributed by atoms with Crippen molar-refractivity contribution < 1.29 is 9.53 Å². The molecule has 0 atom stereocenters. The summed E-state index contributed by atoms with van der Waals surface area (Å²) >= 11 is 0. The summed E-state index contributed by atoms with van der Waals surface area (Å²) in [4.78, 5) is 11.7. The lowest BCUT2D eigenvalue weighted by Crippen LogP contribution is -2.14. The van der Waals surface area contributed by atoms with Crippen molar-refractivity contribution >= 4 is 11.5 Å². The van der Waals surface area contributed by atoms with Gasteiger partial charge in [0.05, 0.1) is 6.10 Å². The summed E-state index contributed by atoms with van der Waals surface area (Å²) in [6.45, 7) is 5.76. The van der Waals surface area contributed by atoms with E-state index in [1.54, 1.807) is 18.2 Å². The summed E-state index contributed by atoms with van der Waals surface area (Å²) in [6.07, 6.45) is 0.0651. The topological polar surface area (TPSA) is 52.3 Å². The lowest BCUT2D eigenvalue weighted by molar-refractivity contribution is 0.0584. The molecule has 82 valence electrons. The Hall–Kier alpha value is -1.35. The van der Waals surface area contributed by atoms with Gasteiger partial charge in [-0.3, -0.25) is 4.79 Å². The summed E-state index contributed by atoms with van der Waals surface area (Å²) < 4.78 is 5.26. The molecule has 0 amide bonds. The molecule has 0 saturated carbocycles. The fraction of sp³-hybridized carbons (Fsp3) is 0.417. The van der Waals surface area contributed by atoms with Crippen molar-refractivity contribution in [3.05, 3.63) is 29.3 Å². The lowest BCUT2D eigenvalue weighted by Gasteiger charge is -2.09. The Labute approximate surface area is 90.2 Å². The number of Topliss-reactive ketones (excluding diaryl/α,β-unsaturated/α-hetero) is 1. The van der Waals surface area contributed by atoms with Crippen LogP contribution >= 0.6 is 0 Å². The Kier molecular flexibility index (Phi) is 3.86. The molecule has 0 aliphatic heterocycles. The van der Waals surface area contributed by atoms with Crippen LogP contribution in [0.15, 0.2) is 18.2 Å². The minimum atomic E-state index is -0.0199. The van der Waals surface area contributed by atoms with Gasteiger partial charge < -0.3 is 10.5 Å². The second kappa shape index (κ2) is 4.94. The zero-order valence-electron chi connectivity index (χ0n) is 9.41. The fourth-order valence-corrected chi connectivity index (χ4v) is 1.28. The van der Waals surface area contributed by atoms with Crippen LogP contribution in [0.2, 0.25) is 0 Å². The van der Waals surface area contributed by atoms with Gasteiger partial charge in [0.2, 0.25) is 0 Å². The van der Waals surface area contributed by atoms with E-state index in [-0.39, 0.29) is 18.5 Å². The molecule has 15 heavy (non-hydrogen) atoms. The molecule has 1 rings (SSSR count). The predicted octanol–water partition coefficient (Wildman–Crippen LogP) is 2.18. The predicted molar refractivity (Wildman–Crippen MR) is 61.0 cm³/mol. The van der Waals surface area contributed by atoms with Crippen LogP contribution in [0.5, 0.6) is 0 Å². The number of anilines is 1. The number of hydrogen-bond donors (Lipinski definition) is 1. The van der Waals surface area contributed by atoms with Gasteiger partial charge in [-0.05, 0) is 32.4 Å². The molecular formula is C12H17NO2. The zero-order valence-corrected chi connectivity index (χ0v) is 9.41. The van der Waals surface area contributed by atoms with Crippen molar-refractivity contribution in [2.75, 3.05) is 12.3 Å². The van der Waals surface area contributed by atoms with Crippen molar-refractivity contribution in [3.63, 3.8) is 0 Å². The first-order valence-corrected chi connectivity index (χ1v) is 5.02. The lowest BCUT2D eigenvalue weighted by atomic mass is 10.0. The van der Waals surface area contributed by atoms with Gasteiger partial charge in [0, 0.05) is 11.3 Å². The first-order chi connectivity index (χ1) is 7.02. The highest BCUT2D eigenvalue weighted by Crippen LogP contribution is 2.16. The van der Waals surface area contributed by atoms with Crippen molar-refractivity contribution in [2.24, 2.45) is 0 Å². The summed E-state index contributed by atoms with van der Waals surface area (Å²) in [5.74, 6) is -0.0199. The van der Waals surface area contributed by atoms with E-state index in [1.165, 1.54) is 0 Å². The Morgan fingerprint density at radius 1 is 1.47 bits per heavy atom. The minimum Gasteiger partial charge on any atom is -0.398 e. The molecule has 0 saturated heterocycles. The van der Waals surface area contributed by atoms with Crippen LogP contribution in [0, 0.1) is 6.92 Å². The van der Waals surface area contributed by atoms with Gasteiger partial charge in [0.25, 0.3) is 0 Å². The van der Waals surface area contributed by atoms with Crippen molar-refractivity contribution in [1.82, 2.24) is 0 Å². The molecule has 0 bridgehead atoms. The van der Waals surface area contributed by atoms with E-state index in [9.17, 15) is 4.79 Å². The maximum atomic E-state index is 11.7. The van der Waals surface area contributed by atoms with Crippen molar-refractivity contribution in [3.8, 4) is 0 Å². The summed E-state index contributed by atoms with van der Waals surface area (Å²) in [5, 5.41) is 0. The Morgan fingerprint density at radius 2 is 2.13 bits per heavy atom. The molecule has 0 aromatic heterocycles. The fourth-order valence-electron chi connectivity index (χ4n) is 1.28. The number of ether oxygens (including phenoxy) is 1. The maximum absolute atomic E-state index is 11.7. The number of carbonyl (C=O) groups excluding carboxylic acids is 1. The number of benzene rings is 1. The largest absolute Gasteiger partial charge is 0.398 e. The molecule has 3 heteroatoms. The van der Waals surface area contributed by atoms with Crippen LogP contribution in [0.1, 0.15) is 29.8 Å². The van der Waals surface area contributed by atoms with Crippen LogP contribution in [0.3, 0.4) is 0 Å². The molecule has 1 aromatic carbocycles. The van der Waals surface area contributed by atoms with Gasteiger partial charge in [-0.25, -0.2) is 0 Å². The Balaban J connectivity index is 2.78. The number of ketones is 1. The molecule has 0 fully saturated rings. The normalized spacial score (nSPS) is 10.7. The van der Waals surface area contributed by atoms with E-state index in [0.29, 0.717) is 11.3 Å². The van der Waals surface area contributed by atoms with E-state index in [0.717, 1.165) is 5.56 Å². The standard InChI is InChI=1S/C12H17NO2/c1-8(2)15-7-12(14)10-5-4-6-11(13)9(10)3/h4-6,8H,7,13H2,1-3H3. The molecule has 0 radical (unpaired) electrons. The third-order valence-corrected chi connectivity index (χ3v) is 2.22. The summed E-state index contributed by atoms with van der Waals surface area (Å²) in [6, 6.07) is 5.35. The van der Waals surface area contributed by atoms with E-state index < -0.39 is 0 Å². The van der Waals surface area contributed by atoms with Crippen LogP contribution < -0.4 is 5.73 Å². The van der Waals surface area contributed by atoms with Gasteiger partial charge in [-0.1, -0.05) is 12.1 Å². The van der Waals surface area contributed by atoms with Crippen molar-refractivity contribution in [2.45, 2.75) is 26.9 Å². The molecule has 0 spiro atoms. The molecule has 0 aliphatic rings. The van der Waals surface area contributed by atoms with Gasteiger partial charge in [-0.2, -0.15) is 0 Å². The molecule has 0 unspecified atom stereocenters. The summed E-state index contributed by atoms with van der Waals surface area (Å²) in [5.41, 5.74) is 7.84. The number of carbonyl (C=O) groups is 1. The number of nitrogens with two attached hydrogens (primary N) is 1. The average Bonchev–Trinajstić information content (AvgIpc) is 2.18. The van der Waals surface area contributed by atoms with E-state index >= 15 is 0 Å². The SMILES string of the molecule is Cc1c(N)cccc1C(=O)COC(C)C. The molecule has 2 N–H and O–H groups in total. The minimum absolute atomic E-state index is 0.0199. The second-order valence-electron chi connectivity index (χ2n) is 3.80. The van der Waals surface area contributed by atoms with E-state index in [1.807, 2.05) is 20.8 Å². The third kappa shape index (κ3) is 3.06. The first-order valence-electron chi connectivity index (χ1n) is 5.02. The van der Waals surface area contributed by atoms with Gasteiger partial charge in [-0.15, -0.1) is 0 Å². The summed E-state index contributed by atoms with van der Waals surface area (Å²) in [7, 11) is 0. The van der Waals surface area contributed by atoms with Crippen LogP contribution in [0.4, 0.5) is 5.69 Å². The molecular weight excluding hydrogens is 190 g/mol. The van der Waals surface area contributed by atoms with E-state index in [2.05, 4.69) is 0 Å². The molecule has 1 aromatic rings. The average molecular weight is 207 g/mol. The van der Waals surface area contributed by atoms with Gasteiger partial charge in [0.15, 0.2) is 5.78 Å². The highest BCUT2D eigenvalue weighted by atomic mass is 16.5. The molecule has 0 heterocycles. The smallest absolute Gasteiger partial charge is 0.188 e. The number of hydrogen-bond acceptors (Lipinski definition) is 3. The first kappa shape index (κ1) is 11.7. The zero-order chi connectivity index (χ0) is 11.4. The number of nitrogen functional groups attached to an aromatic ring is 1. The Bertz CT molecular complexity index is 359. The van der Waals surface area contributed by atoms with Crippen molar-refractivity contribution in [1.29, 1.82) is 0 Å². The maximum Gasteiger partial charge on any atom is 0.188 e. The molecule has 3 nitrogen and oxygen atoms in total. The third-order valence-electron chi connectivity index (χ3n) is 2.22. The van der Waals surface area contributed by atoms with Gasteiger partial charge >= 0.3 is 0 Å². The van der Waals surface area contributed by atoms with Crippen LogP contribution in [0.25, 0.3) is 0 Å². The van der Waals surface area contributed by atoms with Gasteiger partial charge in [0.1, 0.15) is 6.61 Å². The Morgan fingerprint density at radius 3 is 2.73 bits per heavy atom. The highest BCUT2D eigenvalue weighted by Gasteiger charge is 2.11. The highest BCUT2D eigenvalue weighted by molar-refractivity contribution is 5.99. The monoisotopic (exact) mass is 207 g/mol. The second-order valence-corrected chi connectivity index (χ2v) is 3.80. The van der Waals surface area contributed by atoms with E-state index in [4.69, 9.17) is 10.5 Å². The quantitative estimate of drug-likeness (QED) is 0.608. The molecule has 0 aliphatic carbocycles. The van der Waals surface area contributed by atoms with Crippen LogP contribution in [-0.4, -0.2) is 18.5 Å². The number of rotatable bonds is 4. The van der Waals surface area contributed by atoms with Crippen LogP contribution in [-0.2, 0) is 4.74 Å².